The Balaban J connectivity index is 2.04. The van der Waals surface area contributed by atoms with Gasteiger partial charge in [0, 0.05) is 19.3 Å². The van der Waals surface area contributed by atoms with Gasteiger partial charge in [0.2, 0.25) is 5.95 Å². The van der Waals surface area contributed by atoms with Crippen molar-refractivity contribution >= 4 is 5.95 Å². The lowest BCUT2D eigenvalue weighted by molar-refractivity contribution is 0.195. The van der Waals surface area contributed by atoms with Crippen LogP contribution in [0, 0.1) is 6.92 Å². The van der Waals surface area contributed by atoms with E-state index in [9.17, 15) is 0 Å². The third-order valence-corrected chi connectivity index (χ3v) is 2.62. The summed E-state index contributed by atoms with van der Waals surface area (Å²) in [4.78, 5) is 4.49. The molecule has 1 aromatic heterocycles. The van der Waals surface area contributed by atoms with Crippen LogP contribution in [-0.4, -0.2) is 28.8 Å². The number of imidazole rings is 1. The van der Waals surface area contributed by atoms with Crippen molar-refractivity contribution in [2.45, 2.75) is 39.3 Å². The number of nitrogens with zero attached hydrogens (tertiary/aromatic N) is 2. The highest BCUT2D eigenvalue weighted by molar-refractivity contribution is 5.30. The molecule has 84 valence electrons. The summed E-state index contributed by atoms with van der Waals surface area (Å²) in [5.74, 6) is 0.991. The molecule has 0 aromatic carbocycles. The van der Waals surface area contributed by atoms with Gasteiger partial charge in [-0.25, -0.2) is 4.98 Å². The maximum Gasteiger partial charge on any atom is 0.203 e. The lowest BCUT2D eigenvalue weighted by Crippen LogP contribution is -2.21. The Kier molecular flexibility index (Phi) is 3.26. The number of anilines is 1. The van der Waals surface area contributed by atoms with Gasteiger partial charge in [0.05, 0.1) is 18.3 Å². The molecule has 1 unspecified atom stereocenters. The van der Waals surface area contributed by atoms with Gasteiger partial charge in [-0.2, -0.15) is 0 Å². The predicted molar refractivity (Wildman–Crippen MR) is 60.1 cm³/mol. The second-order valence-corrected chi connectivity index (χ2v) is 4.10. The zero-order valence-electron chi connectivity index (χ0n) is 9.49. The molecule has 1 saturated heterocycles. The largest absolute Gasteiger partial charge is 0.379 e. The van der Waals surface area contributed by atoms with Crippen molar-refractivity contribution < 1.29 is 4.74 Å². The van der Waals surface area contributed by atoms with E-state index < -0.39 is 0 Å². The minimum atomic E-state index is 0.433. The summed E-state index contributed by atoms with van der Waals surface area (Å²) in [6, 6.07) is 0.433. The minimum Gasteiger partial charge on any atom is -0.379 e. The molecule has 1 N–H and O–H groups in total. The van der Waals surface area contributed by atoms with E-state index in [4.69, 9.17) is 4.74 Å². The maximum atomic E-state index is 5.34. The summed E-state index contributed by atoms with van der Waals surface area (Å²) in [6.07, 6.45) is 4.31. The molecule has 0 amide bonds. The number of nitrogens with one attached hydrogen (secondary N) is 1. The molecule has 0 saturated carbocycles. The molecular weight excluding hydrogens is 190 g/mol. The van der Waals surface area contributed by atoms with Gasteiger partial charge in [0.15, 0.2) is 0 Å². The first-order chi connectivity index (χ1) is 7.29. The van der Waals surface area contributed by atoms with Gasteiger partial charge < -0.3 is 14.6 Å². The van der Waals surface area contributed by atoms with Crippen LogP contribution in [0.3, 0.4) is 0 Å². The molecule has 4 heteroatoms. The minimum absolute atomic E-state index is 0.433. The third kappa shape index (κ3) is 2.50. The first kappa shape index (κ1) is 10.5. The van der Waals surface area contributed by atoms with E-state index in [1.165, 1.54) is 0 Å². The molecule has 1 aromatic rings. The fraction of sp³-hybridized carbons (Fsp3) is 0.727. The van der Waals surface area contributed by atoms with Gasteiger partial charge in [0.25, 0.3) is 0 Å². The molecule has 1 atom stereocenters. The van der Waals surface area contributed by atoms with Gasteiger partial charge in [-0.1, -0.05) is 6.92 Å². The molecule has 2 rings (SSSR count). The van der Waals surface area contributed by atoms with Crippen LogP contribution in [-0.2, 0) is 11.3 Å². The summed E-state index contributed by atoms with van der Waals surface area (Å²) in [5.41, 5.74) is 1.07. The van der Waals surface area contributed by atoms with Crippen LogP contribution in [0.4, 0.5) is 5.95 Å². The number of ether oxygens (including phenoxy) is 1. The van der Waals surface area contributed by atoms with E-state index in [0.29, 0.717) is 6.04 Å². The summed E-state index contributed by atoms with van der Waals surface area (Å²) in [6.45, 7) is 6.90. The number of rotatable bonds is 4. The van der Waals surface area contributed by atoms with Crippen LogP contribution in [0.5, 0.6) is 0 Å². The highest BCUT2D eigenvalue weighted by Gasteiger charge is 2.17. The van der Waals surface area contributed by atoms with Crippen LogP contribution in [0.25, 0.3) is 0 Å². The first-order valence-corrected chi connectivity index (χ1v) is 5.67. The van der Waals surface area contributed by atoms with Crippen molar-refractivity contribution in [3.63, 3.8) is 0 Å². The highest BCUT2D eigenvalue weighted by Crippen LogP contribution is 2.14. The predicted octanol–water partition coefficient (Wildman–Crippen LogP) is 1.80. The van der Waals surface area contributed by atoms with Crippen LogP contribution in [0.2, 0.25) is 0 Å². The zero-order valence-corrected chi connectivity index (χ0v) is 9.49. The number of hydrogen-bond acceptors (Lipinski definition) is 3. The molecule has 0 bridgehead atoms. The Morgan fingerprint density at radius 2 is 2.53 bits per heavy atom. The van der Waals surface area contributed by atoms with E-state index in [0.717, 1.165) is 44.2 Å². The third-order valence-electron chi connectivity index (χ3n) is 2.62. The van der Waals surface area contributed by atoms with E-state index in [2.05, 4.69) is 28.0 Å². The van der Waals surface area contributed by atoms with Crippen molar-refractivity contribution in [3.8, 4) is 0 Å². The second-order valence-electron chi connectivity index (χ2n) is 4.10. The molecule has 4 nitrogen and oxygen atoms in total. The lowest BCUT2D eigenvalue weighted by Gasteiger charge is -2.12. The average molecular weight is 209 g/mol. The fourth-order valence-corrected chi connectivity index (χ4v) is 1.90. The van der Waals surface area contributed by atoms with Crippen LogP contribution in [0.1, 0.15) is 25.5 Å². The Morgan fingerprint density at radius 3 is 3.20 bits per heavy atom. The monoisotopic (exact) mass is 209 g/mol. The van der Waals surface area contributed by atoms with Gasteiger partial charge in [0.1, 0.15) is 0 Å². The smallest absolute Gasteiger partial charge is 0.203 e. The average Bonchev–Trinajstić information content (AvgIpc) is 2.78. The molecule has 0 aliphatic carbocycles. The van der Waals surface area contributed by atoms with Gasteiger partial charge in [-0.15, -0.1) is 0 Å². The summed E-state index contributed by atoms with van der Waals surface area (Å²) in [7, 11) is 0. The Bertz CT molecular complexity index is 316. The van der Waals surface area contributed by atoms with Crippen molar-refractivity contribution in [1.82, 2.24) is 9.55 Å². The molecule has 1 fully saturated rings. The standard InChI is InChI=1S/C11H19N3O/c1-3-5-14-7-9(2)12-11(14)13-10-4-6-15-8-10/h7,10H,3-6,8H2,1-2H3,(H,12,13). The molecule has 15 heavy (non-hydrogen) atoms. The normalized spacial score (nSPS) is 20.8. The van der Waals surface area contributed by atoms with Crippen molar-refractivity contribution in [2.24, 2.45) is 0 Å². The molecule has 1 aliphatic heterocycles. The summed E-state index contributed by atoms with van der Waals surface area (Å²) >= 11 is 0. The summed E-state index contributed by atoms with van der Waals surface area (Å²) in [5, 5.41) is 3.44. The Morgan fingerprint density at radius 1 is 1.67 bits per heavy atom. The molecule has 2 heterocycles. The van der Waals surface area contributed by atoms with Crippen LogP contribution < -0.4 is 5.32 Å². The number of aryl methyl sites for hydroxylation is 2. The van der Waals surface area contributed by atoms with Crippen molar-refractivity contribution in [1.29, 1.82) is 0 Å². The summed E-state index contributed by atoms with van der Waals surface area (Å²) < 4.78 is 7.52. The van der Waals surface area contributed by atoms with E-state index >= 15 is 0 Å². The molecule has 1 aliphatic rings. The first-order valence-electron chi connectivity index (χ1n) is 5.67. The van der Waals surface area contributed by atoms with E-state index in [-0.39, 0.29) is 0 Å². The molecule has 0 spiro atoms. The van der Waals surface area contributed by atoms with Gasteiger partial charge in [-0.3, -0.25) is 0 Å². The second kappa shape index (κ2) is 4.66. The van der Waals surface area contributed by atoms with E-state index in [1.807, 2.05) is 6.92 Å². The Hall–Kier alpha value is -1.03. The zero-order chi connectivity index (χ0) is 10.7. The van der Waals surface area contributed by atoms with Gasteiger partial charge in [-0.05, 0) is 19.8 Å². The highest BCUT2D eigenvalue weighted by atomic mass is 16.5. The lowest BCUT2D eigenvalue weighted by atomic mass is 10.3. The van der Waals surface area contributed by atoms with Crippen molar-refractivity contribution in [3.05, 3.63) is 11.9 Å². The van der Waals surface area contributed by atoms with Gasteiger partial charge >= 0.3 is 0 Å². The van der Waals surface area contributed by atoms with E-state index in [1.54, 1.807) is 0 Å². The number of hydrogen-bond donors (Lipinski definition) is 1. The SMILES string of the molecule is CCCn1cc(C)nc1NC1CCOC1. The number of aromatic nitrogens is 2. The van der Waals surface area contributed by atoms with Crippen molar-refractivity contribution in [2.75, 3.05) is 18.5 Å². The fourth-order valence-electron chi connectivity index (χ4n) is 1.90. The van der Waals surface area contributed by atoms with Crippen LogP contribution >= 0.6 is 0 Å². The Labute approximate surface area is 90.6 Å². The molecular formula is C11H19N3O. The van der Waals surface area contributed by atoms with Crippen LogP contribution in [0.15, 0.2) is 6.20 Å². The maximum absolute atomic E-state index is 5.34. The topological polar surface area (TPSA) is 39.1 Å². The quantitative estimate of drug-likeness (QED) is 0.822. The molecule has 0 radical (unpaired) electrons.